The number of amides is 2. The van der Waals surface area contributed by atoms with E-state index in [2.05, 4.69) is 46.1 Å². The molecule has 2 amide bonds. The Morgan fingerprint density at radius 1 is 1.10 bits per heavy atom. The number of anilines is 1. The Bertz CT molecular complexity index is 1720. The van der Waals surface area contributed by atoms with Crippen LogP contribution in [-0.4, -0.2) is 43.1 Å². The molecule has 2 atom stereocenters. The normalized spacial score (nSPS) is 15.9. The molecule has 9 nitrogen and oxygen atoms in total. The van der Waals surface area contributed by atoms with E-state index in [0.29, 0.717) is 17.9 Å². The summed E-state index contributed by atoms with van der Waals surface area (Å²) < 4.78 is 2.35. The summed E-state index contributed by atoms with van der Waals surface area (Å²) in [7, 11) is 0. The van der Waals surface area contributed by atoms with Crippen LogP contribution in [0.15, 0.2) is 72.9 Å². The summed E-state index contributed by atoms with van der Waals surface area (Å²) in [4.78, 5) is 35.1. The van der Waals surface area contributed by atoms with Gasteiger partial charge in [0.2, 0.25) is 0 Å². The van der Waals surface area contributed by atoms with Gasteiger partial charge in [0.05, 0.1) is 23.4 Å². The number of nitrogen functional groups attached to an aromatic ring is 1. The summed E-state index contributed by atoms with van der Waals surface area (Å²) >= 11 is 0. The van der Waals surface area contributed by atoms with Gasteiger partial charge in [-0.05, 0) is 43.0 Å². The molecule has 5 N–H and O–H groups in total. The van der Waals surface area contributed by atoms with Crippen LogP contribution in [0.25, 0.3) is 33.1 Å². The number of aryl methyl sites for hydroxylation is 1. The van der Waals surface area contributed by atoms with Crippen molar-refractivity contribution in [1.29, 1.82) is 0 Å². The molecule has 1 aliphatic rings. The fourth-order valence-corrected chi connectivity index (χ4v) is 6.03. The van der Waals surface area contributed by atoms with E-state index in [0.717, 1.165) is 60.2 Å². The van der Waals surface area contributed by atoms with Crippen molar-refractivity contribution in [2.75, 3.05) is 12.3 Å². The maximum absolute atomic E-state index is 13.7. The molecular weight excluding hydrogens is 516 g/mol. The predicted octanol–water partition coefficient (Wildman–Crippen LogP) is 6.24. The van der Waals surface area contributed by atoms with E-state index in [-0.39, 0.29) is 11.9 Å². The van der Waals surface area contributed by atoms with E-state index >= 15 is 0 Å². The Morgan fingerprint density at radius 3 is 2.61 bits per heavy atom. The Kier molecular flexibility index (Phi) is 7.09. The molecule has 0 bridgehead atoms. The number of aromatic amines is 1. The predicted molar refractivity (Wildman–Crippen MR) is 160 cm³/mol. The second-order valence-electron chi connectivity index (χ2n) is 10.7. The van der Waals surface area contributed by atoms with Gasteiger partial charge in [-0.25, -0.2) is 9.78 Å². The topological polar surface area (TPSA) is 129 Å². The molecule has 0 radical (unpaired) electrons. The number of aromatic nitrogens is 3. The van der Waals surface area contributed by atoms with Gasteiger partial charge in [0.1, 0.15) is 11.9 Å². The molecule has 41 heavy (non-hydrogen) atoms. The van der Waals surface area contributed by atoms with Crippen LogP contribution in [0.1, 0.15) is 56.1 Å². The van der Waals surface area contributed by atoms with Crippen LogP contribution in [0.2, 0.25) is 0 Å². The van der Waals surface area contributed by atoms with Crippen molar-refractivity contribution in [2.45, 2.75) is 51.2 Å². The van der Waals surface area contributed by atoms with Crippen LogP contribution in [0.4, 0.5) is 10.5 Å². The third-order valence-electron chi connectivity index (χ3n) is 8.03. The summed E-state index contributed by atoms with van der Waals surface area (Å²) in [6.45, 7) is 3.64. The number of rotatable bonds is 8. The van der Waals surface area contributed by atoms with E-state index in [1.165, 1.54) is 10.8 Å². The zero-order chi connectivity index (χ0) is 28.5. The average Bonchev–Trinajstić information content (AvgIpc) is 3.72. The average molecular weight is 551 g/mol. The Morgan fingerprint density at radius 2 is 1.85 bits per heavy atom. The van der Waals surface area contributed by atoms with Crippen molar-refractivity contribution in [3.05, 3.63) is 84.3 Å². The number of fused-ring (bicyclic) bond motifs is 3. The molecule has 1 fully saturated rings. The van der Waals surface area contributed by atoms with Crippen molar-refractivity contribution in [3.63, 3.8) is 0 Å². The van der Waals surface area contributed by atoms with E-state index in [9.17, 15) is 14.7 Å². The van der Waals surface area contributed by atoms with Crippen LogP contribution in [0.5, 0.6) is 0 Å². The number of carbonyl (C=O) groups is 2. The molecule has 6 rings (SSSR count). The summed E-state index contributed by atoms with van der Waals surface area (Å²) in [6, 6.07) is 20.2. The minimum absolute atomic E-state index is 0.263. The molecule has 3 heterocycles. The lowest BCUT2D eigenvalue weighted by Crippen LogP contribution is -2.42. The standard InChI is InChI=1S/C32H34N6O3/c1-2-3-15-37-27-17-21(11-13-23(27)24-14-12-22(33)18-28(24)37)25-19-34-30(35-25)26-10-7-16-38(26)31(39)29(36-32(40)41)20-8-5-4-6-9-20/h4-6,8-9,11-14,17-19,26,29,36H,2-3,7,10,15-16,33H2,1H3,(H,34,35)(H,40,41)/t26-,29?/m0/s1. The zero-order valence-corrected chi connectivity index (χ0v) is 23.0. The summed E-state index contributed by atoms with van der Waals surface area (Å²) in [5.41, 5.74) is 11.7. The minimum Gasteiger partial charge on any atom is -0.465 e. The van der Waals surface area contributed by atoms with Crippen LogP contribution in [0.3, 0.4) is 0 Å². The number of hydrogen-bond acceptors (Lipinski definition) is 4. The Balaban J connectivity index is 1.32. The number of carboxylic acid groups (broad SMARTS) is 1. The number of H-pyrrole nitrogens is 1. The first-order valence-corrected chi connectivity index (χ1v) is 14.2. The van der Waals surface area contributed by atoms with Crippen molar-refractivity contribution in [1.82, 2.24) is 24.8 Å². The van der Waals surface area contributed by atoms with Gasteiger partial charge in [-0.15, -0.1) is 0 Å². The number of unbranched alkanes of at least 4 members (excludes halogenated alkanes) is 1. The van der Waals surface area contributed by atoms with E-state index < -0.39 is 12.1 Å². The highest BCUT2D eigenvalue weighted by Gasteiger charge is 2.37. The molecule has 1 saturated heterocycles. The number of carbonyl (C=O) groups excluding carboxylic acids is 1. The maximum Gasteiger partial charge on any atom is 0.405 e. The molecule has 1 aliphatic heterocycles. The van der Waals surface area contributed by atoms with Gasteiger partial charge >= 0.3 is 6.09 Å². The number of nitrogens with zero attached hydrogens (tertiary/aromatic N) is 3. The highest BCUT2D eigenvalue weighted by molar-refractivity contribution is 6.09. The number of nitrogens with two attached hydrogens (primary N) is 1. The Labute approximate surface area is 238 Å². The zero-order valence-electron chi connectivity index (χ0n) is 23.0. The first kappa shape index (κ1) is 26.4. The first-order valence-electron chi connectivity index (χ1n) is 14.2. The first-order chi connectivity index (χ1) is 19.9. The smallest absolute Gasteiger partial charge is 0.405 e. The van der Waals surface area contributed by atoms with Gasteiger partial charge in [0, 0.05) is 40.6 Å². The molecule has 0 spiro atoms. The minimum atomic E-state index is -1.24. The number of hydrogen-bond donors (Lipinski definition) is 4. The van der Waals surface area contributed by atoms with Gasteiger partial charge < -0.3 is 30.6 Å². The van der Waals surface area contributed by atoms with Crippen molar-refractivity contribution >= 4 is 39.5 Å². The van der Waals surface area contributed by atoms with Gasteiger partial charge in [0.25, 0.3) is 5.91 Å². The van der Waals surface area contributed by atoms with Crippen molar-refractivity contribution in [2.24, 2.45) is 0 Å². The van der Waals surface area contributed by atoms with Gasteiger partial charge in [-0.3, -0.25) is 4.79 Å². The Hall–Kier alpha value is -4.79. The lowest BCUT2D eigenvalue weighted by Gasteiger charge is -2.28. The lowest BCUT2D eigenvalue weighted by molar-refractivity contribution is -0.134. The number of benzene rings is 3. The quantitative estimate of drug-likeness (QED) is 0.170. The van der Waals surface area contributed by atoms with Crippen LogP contribution < -0.4 is 11.1 Å². The molecule has 0 aliphatic carbocycles. The third kappa shape index (κ3) is 4.99. The molecular formula is C32H34N6O3. The van der Waals surface area contributed by atoms with Crippen LogP contribution in [-0.2, 0) is 11.3 Å². The fourth-order valence-electron chi connectivity index (χ4n) is 6.03. The molecule has 210 valence electrons. The molecule has 2 aromatic heterocycles. The number of imidazole rings is 1. The van der Waals surface area contributed by atoms with E-state index in [1.807, 2.05) is 24.4 Å². The largest absolute Gasteiger partial charge is 0.465 e. The highest BCUT2D eigenvalue weighted by Crippen LogP contribution is 2.36. The summed E-state index contributed by atoms with van der Waals surface area (Å²) in [6.07, 6.45) is 4.30. The SMILES string of the molecule is CCCCn1c2cc(N)ccc2c2ccc(-c3cnc([C@@H]4CCCN4C(=O)C(NC(=O)O)c4ccccc4)[nH]3)cc21. The van der Waals surface area contributed by atoms with Crippen LogP contribution in [0, 0.1) is 0 Å². The molecule has 1 unspecified atom stereocenters. The lowest BCUT2D eigenvalue weighted by atomic mass is 10.1. The second-order valence-corrected chi connectivity index (χ2v) is 10.7. The summed E-state index contributed by atoms with van der Waals surface area (Å²) in [5, 5.41) is 14.2. The van der Waals surface area contributed by atoms with Crippen LogP contribution >= 0.6 is 0 Å². The van der Waals surface area contributed by atoms with Crippen molar-refractivity contribution in [3.8, 4) is 11.3 Å². The van der Waals surface area contributed by atoms with Crippen molar-refractivity contribution < 1.29 is 14.7 Å². The van der Waals surface area contributed by atoms with Gasteiger partial charge in [0.15, 0.2) is 0 Å². The maximum atomic E-state index is 13.7. The monoisotopic (exact) mass is 550 g/mol. The second kappa shape index (κ2) is 11.0. The molecule has 5 aromatic rings. The molecule has 3 aromatic carbocycles. The summed E-state index contributed by atoms with van der Waals surface area (Å²) in [5.74, 6) is 0.424. The van der Waals surface area contributed by atoms with Gasteiger partial charge in [-0.1, -0.05) is 61.9 Å². The van der Waals surface area contributed by atoms with E-state index in [1.54, 1.807) is 29.2 Å². The van der Waals surface area contributed by atoms with Gasteiger partial charge in [-0.2, -0.15) is 0 Å². The third-order valence-corrected chi connectivity index (χ3v) is 8.03. The molecule has 0 saturated carbocycles. The molecule has 9 heteroatoms. The fraction of sp³-hybridized carbons (Fsp3) is 0.281. The highest BCUT2D eigenvalue weighted by atomic mass is 16.4. The van der Waals surface area contributed by atoms with E-state index in [4.69, 9.17) is 10.7 Å². The number of nitrogens with one attached hydrogen (secondary N) is 2. The number of likely N-dealkylation sites (tertiary alicyclic amines) is 1.